The Labute approximate surface area is 185 Å². The van der Waals surface area contributed by atoms with Gasteiger partial charge in [-0.2, -0.15) is 0 Å². The maximum atomic E-state index is 14.9. The number of hydrogen-bond acceptors (Lipinski definition) is 3. The van der Waals surface area contributed by atoms with E-state index in [1.165, 1.54) is 17.0 Å². The zero-order valence-corrected chi connectivity index (χ0v) is 18.1. The van der Waals surface area contributed by atoms with Crippen molar-refractivity contribution in [3.8, 4) is 5.75 Å². The normalized spacial score (nSPS) is 23.3. The molecule has 1 amide bonds. The van der Waals surface area contributed by atoms with Crippen LogP contribution in [0.3, 0.4) is 0 Å². The molecule has 2 saturated carbocycles. The molecule has 3 fully saturated rings. The van der Waals surface area contributed by atoms with Crippen LogP contribution in [0, 0.1) is 17.2 Å². The van der Waals surface area contributed by atoms with Crippen molar-refractivity contribution in [2.45, 2.75) is 63.3 Å². The molecule has 8 heteroatoms. The van der Waals surface area contributed by atoms with Crippen LogP contribution in [0.1, 0.15) is 73.2 Å². The quantitative estimate of drug-likeness (QED) is 0.609. The van der Waals surface area contributed by atoms with Gasteiger partial charge in [-0.05, 0) is 74.8 Å². The standard InChI is InChI=1S/C24H30F3NO4/c25-13-24(14-26)7-5-15(6-8-24)12-32-21-11-19(27)18(10-17(21)16-3-4-16)22(29)28-9-1-2-20(28)23(30)31/h10-11,15-16,20H,1-9,12-14H2,(H,30,31). The minimum absolute atomic E-state index is 0.110. The van der Waals surface area contributed by atoms with E-state index in [4.69, 9.17) is 4.74 Å². The minimum Gasteiger partial charge on any atom is -0.493 e. The summed E-state index contributed by atoms with van der Waals surface area (Å²) in [6, 6.07) is 1.84. The third-order valence-electron chi connectivity index (χ3n) is 7.35. The zero-order valence-electron chi connectivity index (χ0n) is 18.1. The second-order valence-electron chi connectivity index (χ2n) is 9.66. The molecular weight excluding hydrogens is 423 g/mol. The summed E-state index contributed by atoms with van der Waals surface area (Å²) >= 11 is 0. The fraction of sp³-hybridized carbons (Fsp3) is 0.667. The molecule has 3 aliphatic rings. The molecule has 1 aliphatic heterocycles. The summed E-state index contributed by atoms with van der Waals surface area (Å²) in [5.74, 6) is -1.63. The summed E-state index contributed by atoms with van der Waals surface area (Å²) in [5, 5.41) is 9.35. The number of amides is 1. The van der Waals surface area contributed by atoms with Gasteiger partial charge < -0.3 is 14.7 Å². The molecule has 0 spiro atoms. The van der Waals surface area contributed by atoms with Gasteiger partial charge in [0.05, 0.1) is 25.5 Å². The van der Waals surface area contributed by atoms with Gasteiger partial charge in [0.2, 0.25) is 0 Å². The molecule has 1 atom stereocenters. The van der Waals surface area contributed by atoms with Crippen molar-refractivity contribution >= 4 is 11.9 Å². The summed E-state index contributed by atoms with van der Waals surface area (Å²) in [6.07, 6.45) is 5.08. The van der Waals surface area contributed by atoms with Crippen molar-refractivity contribution in [1.82, 2.24) is 4.90 Å². The molecule has 32 heavy (non-hydrogen) atoms. The van der Waals surface area contributed by atoms with Crippen LogP contribution in [0.4, 0.5) is 13.2 Å². The van der Waals surface area contributed by atoms with Crippen LogP contribution < -0.4 is 4.74 Å². The van der Waals surface area contributed by atoms with Gasteiger partial charge >= 0.3 is 5.97 Å². The van der Waals surface area contributed by atoms with Crippen molar-refractivity contribution < 1.29 is 32.6 Å². The number of benzene rings is 1. The van der Waals surface area contributed by atoms with E-state index in [1.807, 2.05) is 0 Å². The number of carboxylic acids is 1. The third kappa shape index (κ3) is 4.59. The lowest BCUT2D eigenvalue weighted by Crippen LogP contribution is -2.40. The number of nitrogens with zero attached hydrogens (tertiary/aromatic N) is 1. The lowest BCUT2D eigenvalue weighted by Gasteiger charge is -2.36. The zero-order chi connectivity index (χ0) is 22.9. The van der Waals surface area contributed by atoms with Gasteiger partial charge in [0.25, 0.3) is 5.91 Å². The highest BCUT2D eigenvalue weighted by atomic mass is 19.1. The molecule has 0 aromatic heterocycles. The molecule has 1 aromatic rings. The monoisotopic (exact) mass is 453 g/mol. The molecule has 2 aliphatic carbocycles. The number of aliphatic carboxylic acids is 1. The van der Waals surface area contributed by atoms with Crippen molar-refractivity contribution in [1.29, 1.82) is 0 Å². The van der Waals surface area contributed by atoms with E-state index in [2.05, 4.69) is 0 Å². The number of hydrogen-bond donors (Lipinski definition) is 1. The van der Waals surface area contributed by atoms with E-state index in [1.54, 1.807) is 0 Å². The molecule has 4 rings (SSSR count). The number of likely N-dealkylation sites (tertiary alicyclic amines) is 1. The molecule has 1 aromatic carbocycles. The van der Waals surface area contributed by atoms with E-state index in [9.17, 15) is 27.9 Å². The number of carboxylic acid groups (broad SMARTS) is 1. The average Bonchev–Trinajstić information content (AvgIpc) is 3.52. The second kappa shape index (κ2) is 9.32. The van der Waals surface area contributed by atoms with Crippen LogP contribution in [0.5, 0.6) is 5.75 Å². The van der Waals surface area contributed by atoms with Gasteiger partial charge in [0.15, 0.2) is 0 Å². The fourth-order valence-corrected chi connectivity index (χ4v) is 4.96. The van der Waals surface area contributed by atoms with Gasteiger partial charge in [-0.1, -0.05) is 0 Å². The summed E-state index contributed by atoms with van der Waals surface area (Å²) in [7, 11) is 0. The number of rotatable bonds is 8. The summed E-state index contributed by atoms with van der Waals surface area (Å²) in [5.41, 5.74) is -0.188. The van der Waals surface area contributed by atoms with E-state index in [0.29, 0.717) is 57.4 Å². The van der Waals surface area contributed by atoms with Crippen molar-refractivity contribution in [3.63, 3.8) is 0 Å². The molecule has 1 N–H and O–H groups in total. The molecule has 1 unspecified atom stereocenters. The Morgan fingerprint density at radius 1 is 1.09 bits per heavy atom. The van der Waals surface area contributed by atoms with Gasteiger partial charge in [-0.15, -0.1) is 0 Å². The van der Waals surface area contributed by atoms with Crippen LogP contribution in [0.15, 0.2) is 12.1 Å². The molecule has 1 saturated heterocycles. The molecule has 5 nitrogen and oxygen atoms in total. The lowest BCUT2D eigenvalue weighted by atomic mass is 9.72. The molecular formula is C24H30F3NO4. The third-order valence-corrected chi connectivity index (χ3v) is 7.35. The predicted molar refractivity (Wildman–Crippen MR) is 112 cm³/mol. The van der Waals surface area contributed by atoms with Crippen LogP contribution >= 0.6 is 0 Å². The Hall–Kier alpha value is -2.25. The highest BCUT2D eigenvalue weighted by Gasteiger charge is 2.38. The fourth-order valence-electron chi connectivity index (χ4n) is 4.96. The van der Waals surface area contributed by atoms with Crippen LogP contribution in [-0.2, 0) is 4.79 Å². The summed E-state index contributed by atoms with van der Waals surface area (Å²) in [6.45, 7) is -0.659. The van der Waals surface area contributed by atoms with E-state index < -0.39 is 42.5 Å². The van der Waals surface area contributed by atoms with E-state index >= 15 is 0 Å². The number of halogens is 3. The first-order valence-corrected chi connectivity index (χ1v) is 11.5. The SMILES string of the molecule is O=C(O)C1CCCN1C(=O)c1cc(C2CC2)c(OCC2CCC(CF)(CF)CC2)cc1F. The Balaban J connectivity index is 1.47. The maximum Gasteiger partial charge on any atom is 0.326 e. The first-order valence-electron chi connectivity index (χ1n) is 11.5. The molecule has 0 radical (unpaired) electrons. The van der Waals surface area contributed by atoms with Gasteiger partial charge in [-0.3, -0.25) is 13.6 Å². The number of carbonyl (C=O) groups excluding carboxylic acids is 1. The molecule has 1 heterocycles. The Bertz CT molecular complexity index is 859. The van der Waals surface area contributed by atoms with Crippen LogP contribution in [0.2, 0.25) is 0 Å². The minimum atomic E-state index is -1.07. The number of carbonyl (C=O) groups is 2. The highest BCUT2D eigenvalue weighted by Crippen LogP contribution is 2.46. The van der Waals surface area contributed by atoms with E-state index in [-0.39, 0.29) is 17.4 Å². The number of ether oxygens (including phenoxy) is 1. The van der Waals surface area contributed by atoms with Crippen LogP contribution in [0.25, 0.3) is 0 Å². The van der Waals surface area contributed by atoms with Crippen molar-refractivity contribution in [2.75, 3.05) is 26.5 Å². The van der Waals surface area contributed by atoms with E-state index in [0.717, 1.165) is 18.4 Å². The van der Waals surface area contributed by atoms with Gasteiger partial charge in [-0.25, -0.2) is 9.18 Å². The second-order valence-corrected chi connectivity index (χ2v) is 9.66. The first kappa shape index (κ1) is 22.9. The van der Waals surface area contributed by atoms with Crippen molar-refractivity contribution in [3.05, 3.63) is 29.1 Å². The first-order chi connectivity index (χ1) is 15.4. The number of alkyl halides is 2. The summed E-state index contributed by atoms with van der Waals surface area (Å²) in [4.78, 5) is 25.6. The Morgan fingerprint density at radius 2 is 1.78 bits per heavy atom. The molecule has 176 valence electrons. The van der Waals surface area contributed by atoms with Crippen LogP contribution in [-0.4, -0.2) is 54.4 Å². The Kier molecular flexibility index (Phi) is 6.67. The Morgan fingerprint density at radius 3 is 2.38 bits per heavy atom. The predicted octanol–water partition coefficient (Wildman–Crippen LogP) is 4.89. The van der Waals surface area contributed by atoms with Crippen molar-refractivity contribution in [2.24, 2.45) is 11.3 Å². The van der Waals surface area contributed by atoms with Gasteiger partial charge in [0, 0.05) is 18.0 Å². The summed E-state index contributed by atoms with van der Waals surface area (Å²) < 4.78 is 47.3. The average molecular weight is 454 g/mol. The van der Waals surface area contributed by atoms with Gasteiger partial charge in [0.1, 0.15) is 17.6 Å². The highest BCUT2D eigenvalue weighted by molar-refractivity contribution is 5.97. The smallest absolute Gasteiger partial charge is 0.326 e. The largest absolute Gasteiger partial charge is 0.493 e. The topological polar surface area (TPSA) is 66.8 Å². The molecule has 0 bridgehead atoms. The lowest BCUT2D eigenvalue weighted by molar-refractivity contribution is -0.141. The maximum absolute atomic E-state index is 14.9.